The quantitative estimate of drug-likeness (QED) is 0.424. The van der Waals surface area contributed by atoms with Gasteiger partial charge >= 0.3 is 0 Å². The van der Waals surface area contributed by atoms with E-state index in [1.165, 1.54) is 17.0 Å². The Morgan fingerprint density at radius 3 is 2.69 bits per heavy atom. The highest BCUT2D eigenvalue weighted by Gasteiger charge is 2.55. The molecule has 4 atom stereocenters. The summed E-state index contributed by atoms with van der Waals surface area (Å²) in [6.45, 7) is 3.21. The van der Waals surface area contributed by atoms with E-state index in [9.17, 15) is 4.79 Å². The van der Waals surface area contributed by atoms with Gasteiger partial charge in [-0.3, -0.25) is 4.79 Å². The number of aromatic amines is 1. The Kier molecular flexibility index (Phi) is 5.59. The van der Waals surface area contributed by atoms with Gasteiger partial charge in [0.2, 0.25) is 5.91 Å². The number of β-lactam (4-membered cyclic amide) rings is 1. The van der Waals surface area contributed by atoms with Crippen LogP contribution < -0.4 is 9.64 Å². The summed E-state index contributed by atoms with van der Waals surface area (Å²) in [5.41, 5.74) is 2.29. The molecular formula is C23H24F2N3O3P. The number of hydrogen-bond acceptors (Lipinski definition) is 4. The zero-order valence-corrected chi connectivity index (χ0v) is 18.7. The van der Waals surface area contributed by atoms with E-state index < -0.39 is 23.6 Å². The number of aromatic nitrogens is 2. The van der Waals surface area contributed by atoms with Crippen molar-refractivity contribution in [2.24, 2.45) is 11.8 Å². The standard InChI is InChI=1S/C23H24F2N3O3P/c1-12(32)4-5-31-15-7-16(24)21(17(25)8-15)22-20(13-9-30-10-13)23(29)28(22)14-2-3-18-19(6-14)27-11-26-18/h2-3,6-8,11-13,20,22H,4-5,9-10,32H2,1H3,(H,26,27)/t12?,20?,22-/m1/s1. The van der Waals surface area contributed by atoms with E-state index in [0.29, 0.717) is 36.7 Å². The number of nitrogens with one attached hydrogen (secondary N) is 1. The van der Waals surface area contributed by atoms with Gasteiger partial charge in [-0.1, -0.05) is 6.92 Å². The molecule has 5 rings (SSSR count). The maximum absolute atomic E-state index is 15.2. The summed E-state index contributed by atoms with van der Waals surface area (Å²) >= 11 is 0. The van der Waals surface area contributed by atoms with E-state index in [1.807, 2.05) is 6.92 Å². The normalized spacial score (nSPS) is 22.0. The summed E-state index contributed by atoms with van der Waals surface area (Å²) < 4.78 is 41.3. The number of carbonyl (C=O) groups excluding carboxylic acids is 1. The Hall–Kier alpha value is -2.57. The Bertz CT molecular complexity index is 1140. The third kappa shape index (κ3) is 3.65. The second-order valence-corrected chi connectivity index (χ2v) is 9.63. The van der Waals surface area contributed by atoms with Crippen LogP contribution in [0.4, 0.5) is 14.5 Å². The van der Waals surface area contributed by atoms with E-state index in [2.05, 4.69) is 19.2 Å². The fraction of sp³-hybridized carbons (Fsp3) is 0.391. The van der Waals surface area contributed by atoms with E-state index in [0.717, 1.165) is 11.9 Å². The SMILES string of the molecule is CC(P)CCOc1cc(F)c([C@H]2C(C3COC3)C(=O)N2c2ccc3[nH]cnc3c2)c(F)c1. The molecule has 0 radical (unpaired) electrons. The molecule has 2 aliphatic heterocycles. The molecule has 3 heterocycles. The van der Waals surface area contributed by atoms with Gasteiger partial charge in [0.25, 0.3) is 0 Å². The van der Waals surface area contributed by atoms with Crippen molar-refractivity contribution in [2.45, 2.75) is 25.0 Å². The number of ether oxygens (including phenoxy) is 2. The number of imidazole rings is 1. The average Bonchev–Trinajstić information content (AvgIpc) is 3.17. The molecule has 0 aliphatic carbocycles. The molecule has 9 heteroatoms. The molecule has 2 fully saturated rings. The maximum atomic E-state index is 15.2. The Morgan fingerprint density at radius 1 is 1.28 bits per heavy atom. The summed E-state index contributed by atoms with van der Waals surface area (Å²) in [5, 5.41) is 0. The van der Waals surface area contributed by atoms with E-state index in [1.54, 1.807) is 24.5 Å². The average molecular weight is 459 g/mol. The lowest BCUT2D eigenvalue weighted by Crippen LogP contribution is -2.61. The highest BCUT2D eigenvalue weighted by Crippen LogP contribution is 2.50. The molecule has 1 N–H and O–H groups in total. The molecule has 0 bridgehead atoms. The van der Waals surface area contributed by atoms with Crippen LogP contribution in [0.1, 0.15) is 24.9 Å². The number of benzene rings is 2. The minimum atomic E-state index is -0.756. The predicted molar refractivity (Wildman–Crippen MR) is 120 cm³/mol. The summed E-state index contributed by atoms with van der Waals surface area (Å²) in [7, 11) is 2.66. The van der Waals surface area contributed by atoms with Gasteiger partial charge in [0.1, 0.15) is 17.4 Å². The number of hydrogen-bond donors (Lipinski definition) is 1. The molecule has 2 saturated heterocycles. The van der Waals surface area contributed by atoms with Crippen molar-refractivity contribution < 1.29 is 23.0 Å². The number of anilines is 1. The lowest BCUT2D eigenvalue weighted by molar-refractivity contribution is -0.145. The first-order chi connectivity index (χ1) is 15.4. The van der Waals surface area contributed by atoms with Crippen LogP contribution in [-0.2, 0) is 9.53 Å². The number of nitrogens with zero attached hydrogens (tertiary/aromatic N) is 2. The first-order valence-electron chi connectivity index (χ1n) is 10.7. The molecule has 168 valence electrons. The fourth-order valence-electron chi connectivity index (χ4n) is 4.39. The van der Waals surface area contributed by atoms with Gasteiger partial charge in [-0.05, 0) is 30.3 Å². The van der Waals surface area contributed by atoms with Crippen molar-refractivity contribution in [3.05, 3.63) is 53.9 Å². The first kappa shape index (κ1) is 21.3. The van der Waals surface area contributed by atoms with Crippen molar-refractivity contribution >= 4 is 31.9 Å². The molecule has 2 aromatic carbocycles. The highest BCUT2D eigenvalue weighted by atomic mass is 31.0. The second-order valence-electron chi connectivity index (χ2n) is 8.50. The lowest BCUT2D eigenvalue weighted by atomic mass is 9.72. The molecule has 6 nitrogen and oxygen atoms in total. The third-order valence-corrected chi connectivity index (χ3v) is 6.52. The molecule has 3 aromatic rings. The molecule has 0 spiro atoms. The van der Waals surface area contributed by atoms with Crippen LogP contribution in [0, 0.1) is 23.5 Å². The Labute approximate surface area is 186 Å². The van der Waals surface area contributed by atoms with Crippen LogP contribution in [0.3, 0.4) is 0 Å². The van der Waals surface area contributed by atoms with Crippen LogP contribution in [0.2, 0.25) is 0 Å². The van der Waals surface area contributed by atoms with Crippen LogP contribution in [-0.4, -0.2) is 41.4 Å². The van der Waals surface area contributed by atoms with Gasteiger partial charge < -0.3 is 19.4 Å². The Balaban J connectivity index is 1.49. The van der Waals surface area contributed by atoms with Crippen LogP contribution in [0.15, 0.2) is 36.7 Å². The number of H-pyrrole nitrogens is 1. The van der Waals surface area contributed by atoms with Crippen molar-refractivity contribution in [1.29, 1.82) is 0 Å². The van der Waals surface area contributed by atoms with Crippen molar-refractivity contribution in [3.63, 3.8) is 0 Å². The monoisotopic (exact) mass is 459 g/mol. The van der Waals surface area contributed by atoms with Gasteiger partial charge in [-0.2, -0.15) is 0 Å². The van der Waals surface area contributed by atoms with Gasteiger partial charge in [-0.15, -0.1) is 9.24 Å². The fourth-order valence-corrected chi connectivity index (χ4v) is 4.52. The van der Waals surface area contributed by atoms with Crippen LogP contribution in [0.5, 0.6) is 5.75 Å². The van der Waals surface area contributed by atoms with Gasteiger partial charge in [0, 0.05) is 29.3 Å². The minimum Gasteiger partial charge on any atom is -0.493 e. The highest BCUT2D eigenvalue weighted by molar-refractivity contribution is 7.17. The third-order valence-electron chi connectivity index (χ3n) is 6.19. The Morgan fingerprint density at radius 2 is 2.03 bits per heavy atom. The maximum Gasteiger partial charge on any atom is 0.233 e. The van der Waals surface area contributed by atoms with E-state index in [-0.39, 0.29) is 23.1 Å². The number of amides is 1. The number of fused-ring (bicyclic) bond motifs is 1. The molecule has 32 heavy (non-hydrogen) atoms. The van der Waals surface area contributed by atoms with Gasteiger partial charge in [0.05, 0.1) is 49.1 Å². The predicted octanol–water partition coefficient (Wildman–Crippen LogP) is 4.22. The van der Waals surface area contributed by atoms with Crippen molar-refractivity contribution in [1.82, 2.24) is 9.97 Å². The summed E-state index contributed by atoms with van der Waals surface area (Å²) in [6.07, 6.45) is 2.31. The van der Waals surface area contributed by atoms with Crippen LogP contribution in [0.25, 0.3) is 11.0 Å². The molecule has 2 aliphatic rings. The molecule has 0 saturated carbocycles. The molecule has 1 aromatic heterocycles. The number of carbonyl (C=O) groups is 1. The molecular weight excluding hydrogens is 435 g/mol. The van der Waals surface area contributed by atoms with Gasteiger partial charge in [-0.25, -0.2) is 13.8 Å². The van der Waals surface area contributed by atoms with Crippen molar-refractivity contribution in [2.75, 3.05) is 24.7 Å². The van der Waals surface area contributed by atoms with Crippen molar-refractivity contribution in [3.8, 4) is 5.75 Å². The van der Waals surface area contributed by atoms with E-state index >= 15 is 8.78 Å². The topological polar surface area (TPSA) is 67.5 Å². The summed E-state index contributed by atoms with van der Waals surface area (Å²) in [6, 6.07) is 6.97. The molecule has 3 unspecified atom stereocenters. The minimum absolute atomic E-state index is 0.0591. The zero-order chi connectivity index (χ0) is 22.4. The smallest absolute Gasteiger partial charge is 0.233 e. The molecule has 1 amide bonds. The number of rotatable bonds is 7. The summed E-state index contributed by atoms with van der Waals surface area (Å²) in [5.74, 6) is -2.04. The van der Waals surface area contributed by atoms with Gasteiger partial charge in [0.15, 0.2) is 0 Å². The van der Waals surface area contributed by atoms with E-state index in [4.69, 9.17) is 9.47 Å². The summed E-state index contributed by atoms with van der Waals surface area (Å²) in [4.78, 5) is 21.8. The number of halogens is 2. The largest absolute Gasteiger partial charge is 0.493 e. The van der Waals surface area contributed by atoms with Crippen LogP contribution >= 0.6 is 9.24 Å². The second kappa shape index (κ2) is 8.41. The first-order valence-corrected chi connectivity index (χ1v) is 11.3. The zero-order valence-electron chi connectivity index (χ0n) is 17.6. The lowest BCUT2D eigenvalue weighted by Gasteiger charge is -2.52.